The molecule has 0 saturated carbocycles. The summed E-state index contributed by atoms with van der Waals surface area (Å²) in [5, 5.41) is 7.93. The van der Waals surface area contributed by atoms with Gasteiger partial charge in [0.2, 0.25) is 5.91 Å². The summed E-state index contributed by atoms with van der Waals surface area (Å²) >= 11 is 7.55. The van der Waals surface area contributed by atoms with Crippen molar-refractivity contribution in [3.05, 3.63) is 93.3 Å². The van der Waals surface area contributed by atoms with Crippen LogP contribution in [0.15, 0.2) is 77.3 Å². The first-order valence-electron chi connectivity index (χ1n) is 8.85. The summed E-state index contributed by atoms with van der Waals surface area (Å²) in [5.74, 6) is -0.122. The first-order valence-corrected chi connectivity index (χ1v) is 10.1. The number of aromatic nitrogens is 1. The molecule has 6 heteroatoms. The number of rotatable bonds is 6. The van der Waals surface area contributed by atoms with Gasteiger partial charge in [0.25, 0.3) is 0 Å². The van der Waals surface area contributed by atoms with Crippen LogP contribution in [0.4, 0.5) is 0 Å². The molecule has 4 aromatic rings. The fraction of sp³-hybridized carbons (Fsp3) is 0.0909. The van der Waals surface area contributed by atoms with E-state index in [9.17, 15) is 4.79 Å². The third-order valence-corrected chi connectivity index (χ3v) is 5.52. The molecule has 0 radical (unpaired) electrons. The molecule has 4 nitrogen and oxygen atoms in total. The molecule has 140 valence electrons. The molecule has 0 aliphatic heterocycles. The zero-order valence-electron chi connectivity index (χ0n) is 15.0. The van der Waals surface area contributed by atoms with Gasteiger partial charge in [-0.2, -0.15) is 5.10 Å². The van der Waals surface area contributed by atoms with E-state index in [0.717, 1.165) is 38.5 Å². The Balaban J connectivity index is 1.52. The van der Waals surface area contributed by atoms with Gasteiger partial charge in [-0.1, -0.05) is 48.0 Å². The minimum Gasteiger partial charge on any atom is -0.342 e. The molecule has 28 heavy (non-hydrogen) atoms. The van der Waals surface area contributed by atoms with Crippen LogP contribution in [0.1, 0.15) is 16.0 Å². The average Bonchev–Trinajstić information content (AvgIpc) is 3.32. The quantitative estimate of drug-likeness (QED) is 0.351. The van der Waals surface area contributed by atoms with E-state index in [-0.39, 0.29) is 5.91 Å². The van der Waals surface area contributed by atoms with E-state index in [4.69, 9.17) is 11.6 Å². The number of amides is 1. The zero-order chi connectivity index (χ0) is 19.3. The summed E-state index contributed by atoms with van der Waals surface area (Å²) in [6, 6.07) is 19.9. The highest BCUT2D eigenvalue weighted by molar-refractivity contribution is 7.10. The van der Waals surface area contributed by atoms with Crippen molar-refractivity contribution in [2.24, 2.45) is 5.10 Å². The Hall–Kier alpha value is -2.89. The Morgan fingerprint density at radius 3 is 2.71 bits per heavy atom. The molecule has 2 aromatic carbocycles. The summed E-state index contributed by atoms with van der Waals surface area (Å²) in [7, 11) is 0. The number of carbonyl (C=O) groups is 1. The molecule has 1 amide bonds. The molecule has 4 rings (SSSR count). The molecule has 0 aliphatic rings. The minimum absolute atomic E-state index is 0.122. The highest BCUT2D eigenvalue weighted by Crippen LogP contribution is 2.21. The second-order valence-electron chi connectivity index (χ2n) is 6.41. The van der Waals surface area contributed by atoms with Crippen LogP contribution in [-0.2, 0) is 17.8 Å². The molecule has 2 heterocycles. The average molecular weight is 408 g/mol. The number of hydrogen-bond donors (Lipinski definition) is 1. The Bertz CT molecular complexity index is 1110. The van der Waals surface area contributed by atoms with Gasteiger partial charge in [0.15, 0.2) is 0 Å². The normalized spacial score (nSPS) is 11.3. The summed E-state index contributed by atoms with van der Waals surface area (Å²) in [4.78, 5) is 13.0. The minimum atomic E-state index is -0.122. The second-order valence-corrected chi connectivity index (χ2v) is 7.87. The molecule has 0 atom stereocenters. The monoisotopic (exact) mass is 407 g/mol. The van der Waals surface area contributed by atoms with Gasteiger partial charge in [-0.05, 0) is 35.2 Å². The predicted octanol–water partition coefficient (Wildman–Crippen LogP) is 5.10. The maximum absolute atomic E-state index is 12.0. The van der Waals surface area contributed by atoms with Crippen LogP contribution in [0.3, 0.4) is 0 Å². The number of nitrogens with one attached hydrogen (secondary N) is 1. The lowest BCUT2D eigenvalue weighted by Crippen LogP contribution is -2.19. The van der Waals surface area contributed by atoms with Gasteiger partial charge >= 0.3 is 0 Å². The summed E-state index contributed by atoms with van der Waals surface area (Å²) in [5.41, 5.74) is 5.85. The van der Waals surface area contributed by atoms with Gasteiger partial charge < -0.3 is 4.57 Å². The Morgan fingerprint density at radius 2 is 1.93 bits per heavy atom. The third kappa shape index (κ3) is 4.32. The summed E-state index contributed by atoms with van der Waals surface area (Å²) < 4.78 is 2.17. The van der Waals surface area contributed by atoms with Crippen molar-refractivity contribution in [3.63, 3.8) is 0 Å². The molecule has 1 N–H and O–H groups in total. The first kappa shape index (κ1) is 18.5. The fourth-order valence-electron chi connectivity index (χ4n) is 3.08. The molecule has 0 aliphatic carbocycles. The molecular formula is C22H18ClN3OS. The van der Waals surface area contributed by atoms with Crippen LogP contribution >= 0.6 is 22.9 Å². The van der Waals surface area contributed by atoms with Crippen LogP contribution in [0.2, 0.25) is 5.02 Å². The van der Waals surface area contributed by atoms with Crippen molar-refractivity contribution >= 4 is 46.0 Å². The van der Waals surface area contributed by atoms with Gasteiger partial charge in [0, 0.05) is 39.1 Å². The number of fused-ring (bicyclic) bond motifs is 1. The van der Waals surface area contributed by atoms with Crippen molar-refractivity contribution < 1.29 is 4.79 Å². The summed E-state index contributed by atoms with van der Waals surface area (Å²) in [6.07, 6.45) is 4.09. The van der Waals surface area contributed by atoms with Gasteiger partial charge in [-0.15, -0.1) is 11.3 Å². The number of para-hydroxylation sites is 1. The van der Waals surface area contributed by atoms with E-state index in [2.05, 4.69) is 27.2 Å². The number of halogens is 1. The standard InChI is InChI=1S/C22H18ClN3OS/c23-18-9-7-16(8-10-18)14-26-15-17(20-5-1-2-6-21(20)26)13-24-25-22(27)12-19-4-3-11-28-19/h1-11,13,15H,12,14H2,(H,25,27)/b24-13-. The van der Waals surface area contributed by atoms with Crippen molar-refractivity contribution in [3.8, 4) is 0 Å². The van der Waals surface area contributed by atoms with E-state index >= 15 is 0 Å². The van der Waals surface area contributed by atoms with Gasteiger partial charge in [0.05, 0.1) is 12.6 Å². The molecule has 0 fully saturated rings. The number of hydrazone groups is 1. The number of thiophene rings is 1. The molecule has 0 bridgehead atoms. The molecule has 2 aromatic heterocycles. The third-order valence-electron chi connectivity index (χ3n) is 4.39. The van der Waals surface area contributed by atoms with Crippen LogP contribution in [0, 0.1) is 0 Å². The summed E-state index contributed by atoms with van der Waals surface area (Å²) in [6.45, 7) is 0.732. The van der Waals surface area contributed by atoms with Crippen molar-refractivity contribution in [1.29, 1.82) is 0 Å². The predicted molar refractivity (Wildman–Crippen MR) is 116 cm³/mol. The van der Waals surface area contributed by atoms with Crippen LogP contribution in [-0.4, -0.2) is 16.7 Å². The van der Waals surface area contributed by atoms with Crippen molar-refractivity contribution in [2.45, 2.75) is 13.0 Å². The van der Waals surface area contributed by atoms with Gasteiger partial charge in [0.1, 0.15) is 0 Å². The number of nitrogens with zero attached hydrogens (tertiary/aromatic N) is 2. The molecule has 0 saturated heterocycles. The number of benzene rings is 2. The Labute approximate surface area is 172 Å². The second kappa shape index (κ2) is 8.42. The largest absolute Gasteiger partial charge is 0.342 e. The van der Waals surface area contributed by atoms with Crippen molar-refractivity contribution in [1.82, 2.24) is 9.99 Å². The molecular weight excluding hydrogens is 390 g/mol. The Morgan fingerprint density at radius 1 is 1.11 bits per heavy atom. The topological polar surface area (TPSA) is 46.4 Å². The molecule has 0 unspecified atom stereocenters. The van der Waals surface area contributed by atoms with E-state index in [0.29, 0.717) is 6.42 Å². The van der Waals surface area contributed by atoms with Crippen LogP contribution in [0.25, 0.3) is 10.9 Å². The highest BCUT2D eigenvalue weighted by atomic mass is 35.5. The van der Waals surface area contributed by atoms with Gasteiger partial charge in [-0.25, -0.2) is 5.43 Å². The maximum Gasteiger partial charge on any atom is 0.245 e. The zero-order valence-corrected chi connectivity index (χ0v) is 16.6. The van der Waals surface area contributed by atoms with Gasteiger partial charge in [-0.3, -0.25) is 4.79 Å². The van der Waals surface area contributed by atoms with E-state index < -0.39 is 0 Å². The lowest BCUT2D eigenvalue weighted by Gasteiger charge is -2.05. The van der Waals surface area contributed by atoms with Crippen LogP contribution in [0.5, 0.6) is 0 Å². The number of carbonyl (C=O) groups excluding carboxylic acids is 1. The molecule has 0 spiro atoms. The lowest BCUT2D eigenvalue weighted by molar-refractivity contribution is -0.120. The van der Waals surface area contributed by atoms with E-state index in [1.807, 2.05) is 60.1 Å². The lowest BCUT2D eigenvalue weighted by atomic mass is 10.2. The smallest absolute Gasteiger partial charge is 0.245 e. The first-order chi connectivity index (χ1) is 13.7. The number of hydrogen-bond acceptors (Lipinski definition) is 3. The van der Waals surface area contributed by atoms with E-state index in [1.54, 1.807) is 17.6 Å². The maximum atomic E-state index is 12.0. The highest BCUT2D eigenvalue weighted by Gasteiger charge is 2.08. The fourth-order valence-corrected chi connectivity index (χ4v) is 3.91. The van der Waals surface area contributed by atoms with Crippen LogP contribution < -0.4 is 5.43 Å². The Kier molecular flexibility index (Phi) is 5.55. The SMILES string of the molecule is O=C(Cc1cccs1)N/N=C\c1cn(Cc2ccc(Cl)cc2)c2ccccc12. The van der Waals surface area contributed by atoms with Crippen molar-refractivity contribution in [2.75, 3.05) is 0 Å². The van der Waals surface area contributed by atoms with E-state index in [1.165, 1.54) is 0 Å².